The molecule has 1 amide bonds. The highest BCUT2D eigenvalue weighted by Gasteiger charge is 2.35. The van der Waals surface area contributed by atoms with Gasteiger partial charge in [0.2, 0.25) is 5.91 Å². The molecule has 1 unspecified atom stereocenters. The highest BCUT2D eigenvalue weighted by atomic mass is 32.2. The third-order valence-electron chi connectivity index (χ3n) is 3.18. The van der Waals surface area contributed by atoms with E-state index in [2.05, 4.69) is 9.69 Å². The average Bonchev–Trinajstić information content (AvgIpc) is 2.69. The second kappa shape index (κ2) is 5.49. The Morgan fingerprint density at radius 2 is 2.10 bits per heavy atom. The van der Waals surface area contributed by atoms with E-state index in [1.165, 1.54) is 6.92 Å². The van der Waals surface area contributed by atoms with Crippen LogP contribution in [0.5, 0.6) is 0 Å². The lowest BCUT2D eigenvalue weighted by atomic mass is 10.2. The van der Waals surface area contributed by atoms with Gasteiger partial charge in [0.15, 0.2) is 9.84 Å². The van der Waals surface area contributed by atoms with Gasteiger partial charge in [-0.1, -0.05) is 6.42 Å². The van der Waals surface area contributed by atoms with Crippen LogP contribution in [0.3, 0.4) is 0 Å². The molecule has 1 fully saturated rings. The number of aryl methyl sites for hydroxylation is 1. The first-order valence-corrected chi connectivity index (χ1v) is 8.54. The number of anilines is 1. The molecule has 2 heterocycles. The summed E-state index contributed by atoms with van der Waals surface area (Å²) in [6.07, 6.45) is 1.51. The van der Waals surface area contributed by atoms with E-state index in [1.807, 2.05) is 0 Å². The maximum Gasteiger partial charge on any atom is 0.340 e. The van der Waals surface area contributed by atoms with Crippen molar-refractivity contribution in [2.75, 3.05) is 11.1 Å². The minimum absolute atomic E-state index is 0.00140. The Bertz CT molecular complexity index is 650. The number of aromatic nitrogens is 1. The average molecular weight is 318 g/mol. The first kappa shape index (κ1) is 14.9. The van der Waals surface area contributed by atoms with E-state index in [1.54, 1.807) is 0 Å². The van der Waals surface area contributed by atoms with E-state index >= 15 is 0 Å². The van der Waals surface area contributed by atoms with Crippen LogP contribution in [0.2, 0.25) is 0 Å². The number of rotatable bonds is 3. The number of nitrogens with one attached hydrogen (secondary N) is 1. The summed E-state index contributed by atoms with van der Waals surface area (Å²) >= 11 is 0.839. The Hall–Kier alpha value is -1.48. The van der Waals surface area contributed by atoms with Crippen molar-refractivity contribution in [3.63, 3.8) is 0 Å². The van der Waals surface area contributed by atoms with Gasteiger partial charge in [-0.2, -0.15) is 4.37 Å². The van der Waals surface area contributed by atoms with Crippen LogP contribution in [0.15, 0.2) is 0 Å². The molecule has 0 radical (unpaired) electrons. The summed E-state index contributed by atoms with van der Waals surface area (Å²) in [5.41, 5.74) is 0.209. The molecule has 2 N–H and O–H groups in total. The second-order valence-corrected chi connectivity index (χ2v) is 7.69. The van der Waals surface area contributed by atoms with Gasteiger partial charge in [-0.05, 0) is 31.3 Å². The standard InChI is InChI=1S/C11H14N2O5S2/c1-6-8(11(15)16)10(19-13-6)12-9(14)7-4-2-3-5-20(7,17)18/h7H,2-5H2,1H3,(H,12,14)(H,15,16). The van der Waals surface area contributed by atoms with Crippen molar-refractivity contribution in [2.24, 2.45) is 0 Å². The SMILES string of the molecule is Cc1nsc(NC(=O)C2CCCCS2(=O)=O)c1C(=O)O. The van der Waals surface area contributed by atoms with E-state index in [4.69, 9.17) is 5.11 Å². The predicted octanol–water partition coefficient (Wildman–Crippen LogP) is 1.06. The lowest BCUT2D eigenvalue weighted by molar-refractivity contribution is -0.116. The number of carbonyl (C=O) groups excluding carboxylic acids is 1. The quantitative estimate of drug-likeness (QED) is 0.861. The van der Waals surface area contributed by atoms with Gasteiger partial charge in [0.05, 0.1) is 11.4 Å². The topological polar surface area (TPSA) is 113 Å². The number of sulfone groups is 1. The molecule has 1 saturated heterocycles. The molecule has 0 bridgehead atoms. The van der Waals surface area contributed by atoms with Crippen LogP contribution in [0.1, 0.15) is 35.3 Å². The van der Waals surface area contributed by atoms with E-state index in [0.717, 1.165) is 11.5 Å². The predicted molar refractivity (Wildman–Crippen MR) is 73.9 cm³/mol. The molecule has 0 saturated carbocycles. The number of carboxylic acid groups (broad SMARTS) is 1. The lowest BCUT2D eigenvalue weighted by Gasteiger charge is -2.21. The molecular weight excluding hydrogens is 304 g/mol. The highest BCUT2D eigenvalue weighted by Crippen LogP contribution is 2.27. The van der Waals surface area contributed by atoms with E-state index in [9.17, 15) is 18.0 Å². The third kappa shape index (κ3) is 2.83. The molecule has 1 aromatic rings. The molecule has 1 aliphatic heterocycles. The summed E-state index contributed by atoms with van der Waals surface area (Å²) in [4.78, 5) is 23.1. The zero-order valence-corrected chi connectivity index (χ0v) is 12.4. The van der Waals surface area contributed by atoms with Gasteiger partial charge in [-0.3, -0.25) is 4.79 Å². The third-order valence-corrected chi connectivity index (χ3v) is 6.21. The minimum atomic E-state index is -3.44. The van der Waals surface area contributed by atoms with Crippen molar-refractivity contribution < 1.29 is 23.1 Å². The number of carbonyl (C=O) groups is 2. The zero-order valence-electron chi connectivity index (χ0n) is 10.7. The number of nitrogens with zero attached hydrogens (tertiary/aromatic N) is 1. The Balaban J connectivity index is 2.22. The normalized spacial score (nSPS) is 21.4. The number of aromatic carboxylic acids is 1. The van der Waals surface area contributed by atoms with Crippen LogP contribution in [0, 0.1) is 6.92 Å². The Morgan fingerprint density at radius 3 is 2.70 bits per heavy atom. The largest absolute Gasteiger partial charge is 0.478 e. The number of carboxylic acids is 1. The molecular formula is C11H14N2O5S2. The molecule has 2 rings (SSSR count). The first-order valence-electron chi connectivity index (χ1n) is 6.05. The maximum atomic E-state index is 12.1. The number of hydrogen-bond acceptors (Lipinski definition) is 6. The molecule has 1 aromatic heterocycles. The Morgan fingerprint density at radius 1 is 1.40 bits per heavy atom. The van der Waals surface area contributed by atoms with Crippen molar-refractivity contribution in [2.45, 2.75) is 31.4 Å². The van der Waals surface area contributed by atoms with Crippen LogP contribution < -0.4 is 5.32 Å². The van der Waals surface area contributed by atoms with Crippen molar-refractivity contribution in [1.82, 2.24) is 4.37 Å². The van der Waals surface area contributed by atoms with Gasteiger partial charge in [-0.15, -0.1) is 0 Å². The van der Waals surface area contributed by atoms with Crippen molar-refractivity contribution in [3.8, 4) is 0 Å². The number of hydrogen-bond donors (Lipinski definition) is 2. The molecule has 0 spiro atoms. The zero-order chi connectivity index (χ0) is 14.9. The van der Waals surface area contributed by atoms with Gasteiger partial charge in [0.1, 0.15) is 15.8 Å². The molecule has 7 nitrogen and oxygen atoms in total. The molecule has 20 heavy (non-hydrogen) atoms. The van der Waals surface area contributed by atoms with Gasteiger partial charge < -0.3 is 10.4 Å². The summed E-state index contributed by atoms with van der Waals surface area (Å²) in [6.45, 7) is 1.52. The van der Waals surface area contributed by atoms with Gasteiger partial charge >= 0.3 is 5.97 Å². The smallest absolute Gasteiger partial charge is 0.340 e. The molecule has 0 aromatic carbocycles. The summed E-state index contributed by atoms with van der Waals surface area (Å²) in [5.74, 6) is -1.87. The van der Waals surface area contributed by atoms with Gasteiger partial charge in [0, 0.05) is 0 Å². The summed E-state index contributed by atoms with van der Waals surface area (Å²) < 4.78 is 27.6. The van der Waals surface area contributed by atoms with Crippen LogP contribution in [-0.2, 0) is 14.6 Å². The first-order chi connectivity index (χ1) is 9.33. The van der Waals surface area contributed by atoms with Crippen LogP contribution in [-0.4, -0.2) is 40.8 Å². The molecule has 1 aliphatic rings. The van der Waals surface area contributed by atoms with Crippen LogP contribution in [0.4, 0.5) is 5.00 Å². The van der Waals surface area contributed by atoms with E-state index in [-0.39, 0.29) is 22.7 Å². The number of amides is 1. The molecule has 1 atom stereocenters. The van der Waals surface area contributed by atoms with Gasteiger partial charge in [-0.25, -0.2) is 13.2 Å². The highest BCUT2D eigenvalue weighted by molar-refractivity contribution is 7.92. The van der Waals surface area contributed by atoms with Crippen LogP contribution in [0.25, 0.3) is 0 Å². The fourth-order valence-electron chi connectivity index (χ4n) is 2.15. The summed E-state index contributed by atoms with van der Waals surface area (Å²) in [7, 11) is -3.44. The Labute approximate surface area is 120 Å². The maximum absolute atomic E-state index is 12.1. The molecule has 9 heteroatoms. The molecule has 0 aliphatic carbocycles. The van der Waals surface area contributed by atoms with Crippen molar-refractivity contribution in [3.05, 3.63) is 11.3 Å². The molecule has 110 valence electrons. The monoisotopic (exact) mass is 318 g/mol. The van der Waals surface area contributed by atoms with Crippen LogP contribution >= 0.6 is 11.5 Å². The van der Waals surface area contributed by atoms with E-state index < -0.39 is 27.0 Å². The Kier molecular flexibility index (Phi) is 4.09. The fraction of sp³-hybridized carbons (Fsp3) is 0.545. The van der Waals surface area contributed by atoms with Gasteiger partial charge in [0.25, 0.3) is 0 Å². The minimum Gasteiger partial charge on any atom is -0.478 e. The van der Waals surface area contributed by atoms with Crippen molar-refractivity contribution in [1.29, 1.82) is 0 Å². The second-order valence-electron chi connectivity index (χ2n) is 4.62. The fourth-order valence-corrected chi connectivity index (χ4v) is 4.74. The van der Waals surface area contributed by atoms with E-state index in [0.29, 0.717) is 18.5 Å². The lowest BCUT2D eigenvalue weighted by Crippen LogP contribution is -2.39. The van der Waals surface area contributed by atoms with Crippen molar-refractivity contribution >= 4 is 38.2 Å². The summed E-state index contributed by atoms with van der Waals surface area (Å²) in [5, 5.41) is 10.4. The summed E-state index contributed by atoms with van der Waals surface area (Å²) in [6, 6.07) is 0.